The average Bonchev–Trinajstić information content (AvgIpc) is 2.65. The molecule has 0 unspecified atom stereocenters. The van der Waals surface area contributed by atoms with Crippen molar-refractivity contribution in [3.63, 3.8) is 0 Å². The third-order valence-electron chi connectivity index (χ3n) is 3.79. The molecule has 27 heavy (non-hydrogen) atoms. The van der Waals surface area contributed by atoms with Gasteiger partial charge in [0.1, 0.15) is 5.82 Å². The molecular formula is C21H21ClFNO3. The maximum atomic E-state index is 13.6. The molecule has 0 aliphatic heterocycles. The maximum Gasteiger partial charge on any atom is 0.331 e. The monoisotopic (exact) mass is 389 g/mol. The molecule has 2 rings (SSSR count). The molecule has 4 nitrogen and oxygen atoms in total. The van der Waals surface area contributed by atoms with Crippen molar-refractivity contribution in [2.75, 3.05) is 11.9 Å². The van der Waals surface area contributed by atoms with Gasteiger partial charge in [-0.2, -0.15) is 0 Å². The van der Waals surface area contributed by atoms with E-state index in [0.29, 0.717) is 5.69 Å². The van der Waals surface area contributed by atoms with E-state index in [1.807, 2.05) is 24.3 Å². The van der Waals surface area contributed by atoms with Crippen LogP contribution in [0.25, 0.3) is 6.08 Å². The lowest BCUT2D eigenvalue weighted by Crippen LogP contribution is -2.20. The van der Waals surface area contributed by atoms with Crippen LogP contribution in [0.5, 0.6) is 0 Å². The predicted molar refractivity (Wildman–Crippen MR) is 105 cm³/mol. The summed E-state index contributed by atoms with van der Waals surface area (Å²) >= 11 is 5.86. The zero-order chi connectivity index (χ0) is 19.6. The van der Waals surface area contributed by atoms with E-state index in [9.17, 15) is 14.0 Å². The number of unbranched alkanes of at least 4 members (excludes halogenated alkanes) is 1. The molecule has 6 heteroatoms. The minimum atomic E-state index is -0.764. The highest BCUT2D eigenvalue weighted by Crippen LogP contribution is 2.20. The summed E-state index contributed by atoms with van der Waals surface area (Å²) in [5, 5.41) is 2.83. The number of aryl methyl sites for hydroxylation is 1. The molecule has 0 bridgehead atoms. The number of hydrogen-bond donors (Lipinski definition) is 1. The number of nitrogens with one attached hydrogen (secondary N) is 1. The lowest BCUT2D eigenvalue weighted by atomic mass is 10.1. The minimum Gasteiger partial charge on any atom is -0.452 e. The molecule has 0 heterocycles. The molecule has 0 aliphatic carbocycles. The zero-order valence-corrected chi connectivity index (χ0v) is 15.8. The highest BCUT2D eigenvalue weighted by Gasteiger charge is 2.07. The van der Waals surface area contributed by atoms with Crippen molar-refractivity contribution in [3.05, 3.63) is 70.5 Å². The number of anilines is 1. The quantitative estimate of drug-likeness (QED) is 0.509. The maximum absolute atomic E-state index is 13.6. The SMILES string of the molecule is CCCCc1ccc(NC(=O)COC(=O)/C=C/c2c(F)cccc2Cl)cc1. The van der Waals surface area contributed by atoms with Crippen molar-refractivity contribution in [1.29, 1.82) is 0 Å². The van der Waals surface area contributed by atoms with E-state index in [2.05, 4.69) is 12.2 Å². The van der Waals surface area contributed by atoms with E-state index in [-0.39, 0.29) is 10.6 Å². The van der Waals surface area contributed by atoms with Crippen LogP contribution in [0.15, 0.2) is 48.5 Å². The van der Waals surface area contributed by atoms with Gasteiger partial charge in [-0.05, 0) is 48.7 Å². The molecule has 1 N–H and O–H groups in total. The molecule has 0 spiro atoms. The van der Waals surface area contributed by atoms with Gasteiger partial charge in [-0.3, -0.25) is 4.79 Å². The minimum absolute atomic E-state index is 0.0868. The predicted octanol–water partition coefficient (Wildman–Crippen LogP) is 5.02. The number of ether oxygens (including phenoxy) is 1. The Morgan fingerprint density at radius 3 is 2.59 bits per heavy atom. The van der Waals surface area contributed by atoms with Crippen LogP contribution in [0.2, 0.25) is 5.02 Å². The topological polar surface area (TPSA) is 55.4 Å². The molecule has 0 aliphatic rings. The number of carbonyl (C=O) groups is 2. The summed E-state index contributed by atoms with van der Waals surface area (Å²) in [5.41, 5.74) is 1.92. The second-order valence-corrected chi connectivity index (χ2v) is 6.33. The summed E-state index contributed by atoms with van der Waals surface area (Å²) < 4.78 is 18.5. The van der Waals surface area contributed by atoms with Crippen molar-refractivity contribution in [1.82, 2.24) is 0 Å². The van der Waals surface area contributed by atoms with E-state index in [0.717, 1.165) is 25.3 Å². The van der Waals surface area contributed by atoms with Crippen LogP contribution in [0.1, 0.15) is 30.9 Å². The van der Waals surface area contributed by atoms with E-state index >= 15 is 0 Å². The number of rotatable bonds is 8. The first kappa shape index (κ1) is 20.6. The van der Waals surface area contributed by atoms with Gasteiger partial charge in [0.15, 0.2) is 6.61 Å². The standard InChI is InChI=1S/C21H21ClFNO3/c1-2-3-5-15-8-10-16(11-9-15)24-20(25)14-27-21(26)13-12-17-18(22)6-4-7-19(17)23/h4,6-13H,2-3,5,14H2,1H3,(H,24,25)/b13-12+. The number of benzene rings is 2. The van der Waals surface area contributed by atoms with Crippen LogP contribution >= 0.6 is 11.6 Å². The summed E-state index contributed by atoms with van der Waals surface area (Å²) in [6, 6.07) is 11.7. The van der Waals surface area contributed by atoms with E-state index < -0.39 is 24.3 Å². The lowest BCUT2D eigenvalue weighted by molar-refractivity contribution is -0.142. The fourth-order valence-electron chi connectivity index (χ4n) is 2.34. The van der Waals surface area contributed by atoms with Gasteiger partial charge in [-0.15, -0.1) is 0 Å². The molecule has 0 saturated heterocycles. The highest BCUT2D eigenvalue weighted by molar-refractivity contribution is 6.32. The zero-order valence-electron chi connectivity index (χ0n) is 15.0. The normalized spacial score (nSPS) is 10.8. The van der Waals surface area contributed by atoms with Gasteiger partial charge in [-0.25, -0.2) is 9.18 Å². The third-order valence-corrected chi connectivity index (χ3v) is 4.12. The molecule has 1 amide bonds. The summed E-state index contributed by atoms with van der Waals surface area (Å²) in [7, 11) is 0. The summed E-state index contributed by atoms with van der Waals surface area (Å²) in [6.45, 7) is 1.70. The van der Waals surface area contributed by atoms with E-state index in [4.69, 9.17) is 16.3 Å². The lowest BCUT2D eigenvalue weighted by Gasteiger charge is -2.07. The van der Waals surface area contributed by atoms with Gasteiger partial charge in [0.05, 0.1) is 5.02 Å². The van der Waals surface area contributed by atoms with Gasteiger partial charge >= 0.3 is 5.97 Å². The van der Waals surface area contributed by atoms with Gasteiger partial charge in [0.25, 0.3) is 5.91 Å². The van der Waals surface area contributed by atoms with Crippen LogP contribution < -0.4 is 5.32 Å². The summed E-state index contributed by atoms with van der Waals surface area (Å²) in [6.07, 6.45) is 5.49. The first-order valence-corrected chi connectivity index (χ1v) is 9.05. The smallest absolute Gasteiger partial charge is 0.331 e. The Balaban J connectivity index is 1.81. The van der Waals surface area contributed by atoms with Crippen molar-refractivity contribution < 1.29 is 18.7 Å². The van der Waals surface area contributed by atoms with Crippen molar-refractivity contribution in [2.45, 2.75) is 26.2 Å². The Morgan fingerprint density at radius 2 is 1.93 bits per heavy atom. The Labute approximate surface area is 163 Å². The van der Waals surface area contributed by atoms with Gasteiger partial charge < -0.3 is 10.1 Å². The van der Waals surface area contributed by atoms with Crippen LogP contribution in [0.3, 0.4) is 0 Å². The molecule has 0 atom stereocenters. The summed E-state index contributed by atoms with van der Waals surface area (Å²) in [5.74, 6) is -1.77. The first-order valence-electron chi connectivity index (χ1n) is 8.67. The third kappa shape index (κ3) is 6.87. The Bertz CT molecular complexity index is 798. The largest absolute Gasteiger partial charge is 0.452 e. The fraction of sp³-hybridized carbons (Fsp3) is 0.238. The van der Waals surface area contributed by atoms with Crippen LogP contribution in [-0.2, 0) is 20.7 Å². The second kappa shape index (κ2) is 10.5. The number of esters is 1. The van der Waals surface area contributed by atoms with Crippen molar-refractivity contribution in [3.8, 4) is 0 Å². The average molecular weight is 390 g/mol. The molecule has 142 valence electrons. The Hall–Kier alpha value is -2.66. The number of amides is 1. The number of hydrogen-bond acceptors (Lipinski definition) is 3. The molecule has 0 fully saturated rings. The van der Waals surface area contributed by atoms with Gasteiger partial charge in [0, 0.05) is 17.3 Å². The molecular weight excluding hydrogens is 369 g/mol. The van der Waals surface area contributed by atoms with Gasteiger partial charge in [-0.1, -0.05) is 43.1 Å². The molecule has 2 aromatic carbocycles. The molecule has 0 saturated carbocycles. The van der Waals surface area contributed by atoms with Crippen LogP contribution in [-0.4, -0.2) is 18.5 Å². The molecule has 0 radical (unpaired) electrons. The van der Waals surface area contributed by atoms with Gasteiger partial charge in [0.2, 0.25) is 0 Å². The van der Waals surface area contributed by atoms with Crippen LogP contribution in [0.4, 0.5) is 10.1 Å². The molecule has 2 aromatic rings. The highest BCUT2D eigenvalue weighted by atomic mass is 35.5. The van der Waals surface area contributed by atoms with Crippen LogP contribution in [0, 0.1) is 5.82 Å². The van der Waals surface area contributed by atoms with Crippen molar-refractivity contribution >= 4 is 35.2 Å². The number of carbonyl (C=O) groups excluding carboxylic acids is 2. The fourth-order valence-corrected chi connectivity index (χ4v) is 2.56. The Kier molecular flexibility index (Phi) is 8.01. The van der Waals surface area contributed by atoms with E-state index in [1.165, 1.54) is 29.8 Å². The van der Waals surface area contributed by atoms with E-state index in [1.54, 1.807) is 0 Å². The first-order chi connectivity index (χ1) is 13.0. The second-order valence-electron chi connectivity index (χ2n) is 5.93. The number of halogens is 2. The molecule has 0 aromatic heterocycles. The Morgan fingerprint density at radius 1 is 1.19 bits per heavy atom. The van der Waals surface area contributed by atoms with Crippen molar-refractivity contribution in [2.24, 2.45) is 0 Å². The summed E-state index contributed by atoms with van der Waals surface area (Å²) in [4.78, 5) is 23.5.